The van der Waals surface area contributed by atoms with E-state index in [0.29, 0.717) is 6.01 Å². The summed E-state index contributed by atoms with van der Waals surface area (Å²) >= 11 is 0. The van der Waals surface area contributed by atoms with Gasteiger partial charge in [0.05, 0.1) is 0 Å². The molecule has 0 radical (unpaired) electrons. The van der Waals surface area contributed by atoms with Gasteiger partial charge in [-0.3, -0.25) is 0 Å². The average molecular weight is 236 g/mol. The molecule has 17 heavy (non-hydrogen) atoms. The SMILES string of the molecule is CC1(c2nnc(N3CCNCC3)o2)CCCC1. The van der Waals surface area contributed by atoms with Gasteiger partial charge < -0.3 is 14.6 Å². The predicted octanol–water partition coefficient (Wildman–Crippen LogP) is 1.31. The molecule has 0 unspecified atom stereocenters. The highest BCUT2D eigenvalue weighted by atomic mass is 16.4. The fraction of sp³-hybridized carbons (Fsp3) is 0.833. The van der Waals surface area contributed by atoms with Crippen molar-refractivity contribution in [2.45, 2.75) is 38.0 Å². The van der Waals surface area contributed by atoms with Crippen LogP contribution >= 0.6 is 0 Å². The fourth-order valence-corrected chi connectivity index (χ4v) is 2.81. The van der Waals surface area contributed by atoms with Crippen molar-refractivity contribution in [3.05, 3.63) is 5.89 Å². The zero-order valence-corrected chi connectivity index (χ0v) is 10.4. The van der Waals surface area contributed by atoms with Crippen LogP contribution in [-0.2, 0) is 5.41 Å². The summed E-state index contributed by atoms with van der Waals surface area (Å²) in [6, 6.07) is 0.703. The summed E-state index contributed by atoms with van der Waals surface area (Å²) in [5.41, 5.74) is 0.124. The van der Waals surface area contributed by atoms with E-state index >= 15 is 0 Å². The zero-order valence-electron chi connectivity index (χ0n) is 10.4. The molecule has 1 aliphatic heterocycles. The van der Waals surface area contributed by atoms with Crippen molar-refractivity contribution < 1.29 is 4.42 Å². The number of hydrogen-bond donors (Lipinski definition) is 1. The van der Waals surface area contributed by atoms with Gasteiger partial charge in [-0.05, 0) is 12.8 Å². The van der Waals surface area contributed by atoms with Crippen molar-refractivity contribution in [3.8, 4) is 0 Å². The first-order valence-electron chi connectivity index (χ1n) is 6.58. The summed E-state index contributed by atoms with van der Waals surface area (Å²) in [7, 11) is 0. The van der Waals surface area contributed by atoms with Gasteiger partial charge in [0.15, 0.2) is 0 Å². The number of piperazine rings is 1. The standard InChI is InChI=1S/C12H20N4O/c1-12(4-2-3-5-12)10-14-15-11(17-10)16-8-6-13-7-9-16/h13H,2-9H2,1H3. The fourth-order valence-electron chi connectivity index (χ4n) is 2.81. The maximum absolute atomic E-state index is 5.89. The van der Waals surface area contributed by atoms with Gasteiger partial charge in [-0.15, -0.1) is 5.10 Å². The third kappa shape index (κ3) is 2.04. The summed E-state index contributed by atoms with van der Waals surface area (Å²) in [5, 5.41) is 11.8. The first-order valence-corrected chi connectivity index (χ1v) is 6.58. The molecule has 2 fully saturated rings. The van der Waals surface area contributed by atoms with Gasteiger partial charge in [-0.2, -0.15) is 0 Å². The van der Waals surface area contributed by atoms with Crippen LogP contribution in [0.2, 0.25) is 0 Å². The number of hydrogen-bond acceptors (Lipinski definition) is 5. The van der Waals surface area contributed by atoms with Crippen LogP contribution in [0.15, 0.2) is 4.42 Å². The predicted molar refractivity (Wildman–Crippen MR) is 65.2 cm³/mol. The van der Waals surface area contributed by atoms with Crippen molar-refractivity contribution in [2.75, 3.05) is 31.1 Å². The zero-order chi connectivity index (χ0) is 11.7. The Morgan fingerprint density at radius 1 is 1.18 bits per heavy atom. The van der Waals surface area contributed by atoms with Gasteiger partial charge in [0.1, 0.15) is 0 Å². The second-order valence-corrected chi connectivity index (χ2v) is 5.39. The minimum Gasteiger partial charge on any atom is -0.407 e. The van der Waals surface area contributed by atoms with E-state index in [-0.39, 0.29) is 5.41 Å². The van der Waals surface area contributed by atoms with E-state index < -0.39 is 0 Å². The molecule has 2 aliphatic rings. The van der Waals surface area contributed by atoms with Gasteiger partial charge >= 0.3 is 6.01 Å². The number of rotatable bonds is 2. The van der Waals surface area contributed by atoms with Crippen LogP contribution in [0.4, 0.5) is 6.01 Å². The van der Waals surface area contributed by atoms with Gasteiger partial charge in [0.25, 0.3) is 0 Å². The second kappa shape index (κ2) is 4.29. The number of aromatic nitrogens is 2. The van der Waals surface area contributed by atoms with E-state index in [1.165, 1.54) is 25.7 Å². The molecule has 5 heteroatoms. The minimum absolute atomic E-state index is 0.124. The lowest BCUT2D eigenvalue weighted by atomic mass is 9.89. The maximum Gasteiger partial charge on any atom is 0.318 e. The molecule has 0 atom stereocenters. The van der Waals surface area contributed by atoms with Crippen LogP contribution in [0.5, 0.6) is 0 Å². The Balaban J connectivity index is 1.77. The van der Waals surface area contributed by atoms with Crippen LogP contribution in [0.3, 0.4) is 0 Å². The Hall–Kier alpha value is -1.10. The van der Waals surface area contributed by atoms with Crippen LogP contribution in [0, 0.1) is 0 Å². The molecular weight excluding hydrogens is 216 g/mol. The van der Waals surface area contributed by atoms with Crippen molar-refractivity contribution in [1.82, 2.24) is 15.5 Å². The highest BCUT2D eigenvalue weighted by molar-refractivity contribution is 5.26. The van der Waals surface area contributed by atoms with Gasteiger partial charge in [-0.25, -0.2) is 0 Å². The molecule has 0 amide bonds. The Labute approximate surface area is 102 Å². The largest absolute Gasteiger partial charge is 0.407 e. The third-order valence-electron chi connectivity index (χ3n) is 4.03. The van der Waals surface area contributed by atoms with Crippen LogP contribution in [0.25, 0.3) is 0 Å². The van der Waals surface area contributed by atoms with Gasteiger partial charge in [0, 0.05) is 31.6 Å². The number of anilines is 1. The third-order valence-corrected chi connectivity index (χ3v) is 4.03. The van der Waals surface area contributed by atoms with E-state index in [0.717, 1.165) is 32.1 Å². The topological polar surface area (TPSA) is 54.2 Å². The molecule has 0 aromatic carbocycles. The maximum atomic E-state index is 5.89. The molecule has 1 saturated heterocycles. The quantitative estimate of drug-likeness (QED) is 0.839. The van der Waals surface area contributed by atoms with Crippen LogP contribution in [0.1, 0.15) is 38.5 Å². The molecule has 1 N–H and O–H groups in total. The lowest BCUT2D eigenvalue weighted by Gasteiger charge is -2.25. The molecule has 1 saturated carbocycles. The van der Waals surface area contributed by atoms with Gasteiger partial charge in [0.2, 0.25) is 5.89 Å². The molecule has 3 rings (SSSR count). The highest BCUT2D eigenvalue weighted by Gasteiger charge is 2.36. The molecule has 1 aromatic heterocycles. The van der Waals surface area contributed by atoms with E-state index in [4.69, 9.17) is 4.42 Å². The molecule has 1 aliphatic carbocycles. The smallest absolute Gasteiger partial charge is 0.318 e. The summed E-state index contributed by atoms with van der Waals surface area (Å²) in [4.78, 5) is 2.17. The summed E-state index contributed by atoms with van der Waals surface area (Å²) < 4.78 is 5.89. The van der Waals surface area contributed by atoms with E-state index in [9.17, 15) is 0 Å². The summed E-state index contributed by atoms with van der Waals surface area (Å²) in [6.07, 6.45) is 4.91. The molecule has 1 aromatic rings. The summed E-state index contributed by atoms with van der Waals surface area (Å²) in [5.74, 6) is 0.837. The summed E-state index contributed by atoms with van der Waals surface area (Å²) in [6.45, 7) is 6.15. The van der Waals surface area contributed by atoms with Crippen LogP contribution < -0.4 is 10.2 Å². The molecular formula is C12H20N4O. The van der Waals surface area contributed by atoms with Crippen molar-refractivity contribution in [1.29, 1.82) is 0 Å². The van der Waals surface area contributed by atoms with Crippen molar-refractivity contribution in [3.63, 3.8) is 0 Å². The van der Waals surface area contributed by atoms with E-state index in [1.54, 1.807) is 0 Å². The monoisotopic (exact) mass is 236 g/mol. The first-order chi connectivity index (χ1) is 8.28. The lowest BCUT2D eigenvalue weighted by Crippen LogP contribution is -2.43. The second-order valence-electron chi connectivity index (χ2n) is 5.39. The molecule has 94 valence electrons. The molecule has 0 bridgehead atoms. The average Bonchev–Trinajstić information content (AvgIpc) is 2.99. The Kier molecular flexibility index (Phi) is 2.78. The number of nitrogens with one attached hydrogen (secondary N) is 1. The Morgan fingerprint density at radius 3 is 2.59 bits per heavy atom. The highest BCUT2D eigenvalue weighted by Crippen LogP contribution is 2.40. The molecule has 2 heterocycles. The van der Waals surface area contributed by atoms with E-state index in [2.05, 4.69) is 27.3 Å². The van der Waals surface area contributed by atoms with Crippen LogP contribution in [-0.4, -0.2) is 36.4 Å². The van der Waals surface area contributed by atoms with Gasteiger partial charge in [-0.1, -0.05) is 24.9 Å². The minimum atomic E-state index is 0.124. The Morgan fingerprint density at radius 2 is 1.88 bits per heavy atom. The number of nitrogens with zero attached hydrogens (tertiary/aromatic N) is 3. The molecule has 0 spiro atoms. The Bertz CT molecular complexity index is 378. The van der Waals surface area contributed by atoms with Crippen molar-refractivity contribution in [2.24, 2.45) is 0 Å². The van der Waals surface area contributed by atoms with Crippen molar-refractivity contribution >= 4 is 6.01 Å². The first kappa shape index (κ1) is 11.0. The lowest BCUT2D eigenvalue weighted by molar-refractivity contribution is 0.349. The normalized spacial score (nSPS) is 24.2. The molecule has 5 nitrogen and oxygen atoms in total. The van der Waals surface area contributed by atoms with E-state index in [1.807, 2.05) is 0 Å².